The summed E-state index contributed by atoms with van der Waals surface area (Å²) in [5.74, 6) is 1.16. The number of amides is 2. The lowest BCUT2D eigenvalue weighted by Gasteiger charge is -2.32. The highest BCUT2D eigenvalue weighted by Gasteiger charge is 2.23. The minimum atomic E-state index is 0. The molecule has 2 amide bonds. The molecule has 1 aliphatic rings. The van der Waals surface area contributed by atoms with Crippen LogP contribution in [0.5, 0.6) is 0 Å². The number of hydrogen-bond acceptors (Lipinski definition) is 3. The molecule has 162 valence electrons. The molecule has 0 aromatic carbocycles. The van der Waals surface area contributed by atoms with Crippen molar-refractivity contribution >= 4 is 11.8 Å². The van der Waals surface area contributed by atoms with E-state index in [2.05, 4.69) is 38.3 Å². The van der Waals surface area contributed by atoms with Gasteiger partial charge < -0.3 is 15.5 Å². The van der Waals surface area contributed by atoms with Crippen molar-refractivity contribution in [3.8, 4) is 0 Å². The quantitative estimate of drug-likeness (QED) is 0.463. The van der Waals surface area contributed by atoms with Crippen LogP contribution in [0.15, 0.2) is 0 Å². The van der Waals surface area contributed by atoms with Crippen LogP contribution >= 0.6 is 0 Å². The summed E-state index contributed by atoms with van der Waals surface area (Å²) < 4.78 is 0. The molecule has 1 atom stereocenters. The van der Waals surface area contributed by atoms with E-state index in [1.54, 1.807) is 0 Å². The molecule has 1 aliphatic heterocycles. The lowest BCUT2D eigenvalue weighted by Crippen LogP contribution is -2.48. The van der Waals surface area contributed by atoms with Gasteiger partial charge in [0.05, 0.1) is 6.54 Å². The fourth-order valence-electron chi connectivity index (χ4n) is 3.48. The van der Waals surface area contributed by atoms with E-state index in [1.165, 1.54) is 32.1 Å². The Morgan fingerprint density at radius 3 is 2.30 bits per heavy atom. The minimum Gasteiger partial charge on any atom is -0.352 e. The molecule has 2 N–H and O–H groups in total. The molecule has 0 aromatic heterocycles. The molecule has 0 aliphatic carbocycles. The second-order valence-corrected chi connectivity index (χ2v) is 8.61. The first-order valence-electron chi connectivity index (χ1n) is 11.2. The average molecular weight is 386 g/mol. The Hall–Kier alpha value is -1.10. The first-order chi connectivity index (χ1) is 12.9. The minimum absolute atomic E-state index is 0. The lowest BCUT2D eigenvalue weighted by atomic mass is 10.0. The molecule has 0 radical (unpaired) electrons. The van der Waals surface area contributed by atoms with Gasteiger partial charge in [0.25, 0.3) is 0 Å². The highest BCUT2D eigenvalue weighted by atomic mass is 16.2. The van der Waals surface area contributed by atoms with Crippen molar-refractivity contribution in [3.63, 3.8) is 0 Å². The first-order valence-corrected chi connectivity index (χ1v) is 11.2. The van der Waals surface area contributed by atoms with Gasteiger partial charge in [0.15, 0.2) is 0 Å². The molecule has 1 saturated heterocycles. The molecular formula is C22H47N3O2. The fourth-order valence-corrected chi connectivity index (χ4v) is 3.48. The Labute approximate surface area is 170 Å². The van der Waals surface area contributed by atoms with Crippen LogP contribution in [0.4, 0.5) is 0 Å². The molecular weight excluding hydrogens is 338 g/mol. The molecule has 1 unspecified atom stereocenters. The third-order valence-electron chi connectivity index (χ3n) is 5.61. The summed E-state index contributed by atoms with van der Waals surface area (Å²) in [5.41, 5.74) is 0. The Morgan fingerprint density at radius 1 is 1.04 bits per heavy atom. The predicted molar refractivity (Wildman–Crippen MR) is 117 cm³/mol. The summed E-state index contributed by atoms with van der Waals surface area (Å²) in [6.45, 7) is 10.7. The van der Waals surface area contributed by atoms with Crippen LogP contribution < -0.4 is 10.6 Å². The molecule has 27 heavy (non-hydrogen) atoms. The van der Waals surface area contributed by atoms with Crippen LogP contribution in [0.3, 0.4) is 0 Å². The molecule has 0 aromatic rings. The van der Waals surface area contributed by atoms with Crippen molar-refractivity contribution in [3.05, 3.63) is 0 Å². The Kier molecular flexibility index (Phi) is 12.4. The maximum Gasteiger partial charge on any atom is 0.234 e. The van der Waals surface area contributed by atoms with Gasteiger partial charge in [-0.05, 0) is 38.5 Å². The summed E-state index contributed by atoms with van der Waals surface area (Å²) in [7, 11) is 0. The number of hydrogen-bond donors (Lipinski definition) is 2. The molecule has 1 heterocycles. The van der Waals surface area contributed by atoms with Crippen molar-refractivity contribution in [2.45, 2.75) is 104 Å². The number of carbonyl (C=O) groups is 2. The Morgan fingerprint density at radius 2 is 1.67 bits per heavy atom. The lowest BCUT2D eigenvalue weighted by molar-refractivity contribution is -0.132. The number of carbonyl (C=O) groups excluding carboxylic acids is 2. The largest absolute Gasteiger partial charge is 0.352 e. The number of piperidine rings is 1. The van der Waals surface area contributed by atoms with Crippen LogP contribution in [0, 0.1) is 5.92 Å². The van der Waals surface area contributed by atoms with Gasteiger partial charge in [-0.1, -0.05) is 52.9 Å². The second-order valence-electron chi connectivity index (χ2n) is 8.61. The smallest absolute Gasteiger partial charge is 0.234 e. The molecule has 5 nitrogen and oxygen atoms in total. The first kappa shape index (κ1) is 23.9. The monoisotopic (exact) mass is 385 g/mol. The highest BCUT2D eigenvalue weighted by Crippen LogP contribution is 2.15. The van der Waals surface area contributed by atoms with Crippen LogP contribution in [0.25, 0.3) is 0 Å². The summed E-state index contributed by atoms with van der Waals surface area (Å²) in [5, 5.41) is 6.32. The number of nitrogens with one attached hydrogen (secondary N) is 2. The van der Waals surface area contributed by atoms with Gasteiger partial charge in [-0.3, -0.25) is 9.59 Å². The van der Waals surface area contributed by atoms with E-state index in [0.29, 0.717) is 24.9 Å². The van der Waals surface area contributed by atoms with Crippen LogP contribution in [-0.2, 0) is 9.59 Å². The molecule has 1 fully saturated rings. The van der Waals surface area contributed by atoms with E-state index >= 15 is 0 Å². The average Bonchev–Trinajstić information content (AvgIpc) is 2.65. The van der Waals surface area contributed by atoms with Gasteiger partial charge in [-0.25, -0.2) is 0 Å². The molecule has 5 heteroatoms. The number of nitrogens with zero attached hydrogens (tertiary/aromatic N) is 1. The second kappa shape index (κ2) is 14.0. The molecule has 0 spiro atoms. The standard InChI is InChI=1S/C22H43N3O2.2H2/c1-5-19(4)23-17-21(26)24-20-13-15-25(16-14-20)22(27)12-10-8-6-7-9-11-18(2)3;;/h18-20,23H,5-17H2,1-4H3,(H,24,26);2*1H. The van der Waals surface area contributed by atoms with Crippen molar-refractivity contribution in [2.24, 2.45) is 5.92 Å². The fraction of sp³-hybridized carbons (Fsp3) is 0.909. The number of unbranched alkanes of at least 4 members (excludes halogenated alkanes) is 4. The van der Waals surface area contributed by atoms with E-state index in [1.807, 2.05) is 4.90 Å². The summed E-state index contributed by atoms with van der Waals surface area (Å²) in [6.07, 6.45) is 10.8. The summed E-state index contributed by atoms with van der Waals surface area (Å²) in [4.78, 5) is 26.3. The third kappa shape index (κ3) is 11.4. The summed E-state index contributed by atoms with van der Waals surface area (Å²) >= 11 is 0. The van der Waals surface area contributed by atoms with Crippen molar-refractivity contribution in [2.75, 3.05) is 19.6 Å². The number of rotatable bonds is 13. The predicted octanol–water partition coefficient (Wildman–Crippen LogP) is 4.36. The maximum absolute atomic E-state index is 12.3. The third-order valence-corrected chi connectivity index (χ3v) is 5.61. The van der Waals surface area contributed by atoms with Crippen molar-refractivity contribution in [1.29, 1.82) is 0 Å². The topological polar surface area (TPSA) is 61.4 Å². The molecule has 0 bridgehead atoms. The van der Waals surface area contributed by atoms with Gasteiger partial charge >= 0.3 is 0 Å². The normalized spacial score (nSPS) is 16.6. The van der Waals surface area contributed by atoms with Crippen molar-refractivity contribution < 1.29 is 12.4 Å². The zero-order valence-corrected chi connectivity index (χ0v) is 18.2. The van der Waals surface area contributed by atoms with E-state index in [-0.39, 0.29) is 14.8 Å². The maximum atomic E-state index is 12.3. The zero-order chi connectivity index (χ0) is 20.1. The van der Waals surface area contributed by atoms with Gasteiger partial charge in [0.1, 0.15) is 0 Å². The molecule has 1 rings (SSSR count). The van der Waals surface area contributed by atoms with E-state index in [4.69, 9.17) is 0 Å². The zero-order valence-electron chi connectivity index (χ0n) is 18.2. The SMILES string of the molecule is CCC(C)NCC(=O)NC1CCN(C(=O)CCCCCCCC(C)C)CC1.[HH].[HH]. The van der Waals surface area contributed by atoms with E-state index in [9.17, 15) is 9.59 Å². The van der Waals surface area contributed by atoms with Crippen LogP contribution in [0.2, 0.25) is 0 Å². The van der Waals surface area contributed by atoms with E-state index < -0.39 is 0 Å². The summed E-state index contributed by atoms with van der Waals surface area (Å²) in [6, 6.07) is 0.576. The Bertz CT molecular complexity index is 428. The highest BCUT2D eigenvalue weighted by molar-refractivity contribution is 5.78. The molecule has 0 saturated carbocycles. The number of likely N-dealkylation sites (tertiary alicyclic amines) is 1. The van der Waals surface area contributed by atoms with Gasteiger partial charge in [-0.2, -0.15) is 0 Å². The van der Waals surface area contributed by atoms with Gasteiger partial charge in [-0.15, -0.1) is 0 Å². The van der Waals surface area contributed by atoms with Crippen LogP contribution in [0.1, 0.15) is 94.8 Å². The van der Waals surface area contributed by atoms with E-state index in [0.717, 1.165) is 44.7 Å². The van der Waals surface area contributed by atoms with Gasteiger partial charge in [0.2, 0.25) is 11.8 Å². The van der Waals surface area contributed by atoms with Crippen LogP contribution in [-0.4, -0.2) is 48.4 Å². The Balaban J connectivity index is 0. The van der Waals surface area contributed by atoms with Gasteiger partial charge in [0, 0.05) is 34.4 Å². The van der Waals surface area contributed by atoms with Crippen molar-refractivity contribution in [1.82, 2.24) is 15.5 Å².